The molecule has 0 saturated carbocycles. The van der Waals surface area contributed by atoms with Gasteiger partial charge in [0.15, 0.2) is 17.3 Å². The van der Waals surface area contributed by atoms with Gasteiger partial charge in [-0.25, -0.2) is 18.1 Å². The number of ether oxygens (including phenoxy) is 2. The first-order valence-corrected chi connectivity index (χ1v) is 11.7. The first-order chi connectivity index (χ1) is 15.4. The molecule has 0 fully saturated rings. The Morgan fingerprint density at radius 1 is 1.09 bits per heavy atom. The van der Waals surface area contributed by atoms with Gasteiger partial charge in [-0.05, 0) is 23.8 Å². The SMILES string of the molecule is COc1ccc(CN2C=C(c3cc(-n4cccn4)nc(S(C)(=O)=O)n3)C=CC2)cc1OC. The summed E-state index contributed by atoms with van der Waals surface area (Å²) < 4.78 is 36.6. The molecule has 32 heavy (non-hydrogen) atoms. The summed E-state index contributed by atoms with van der Waals surface area (Å²) in [5.41, 5.74) is 2.32. The van der Waals surface area contributed by atoms with E-state index in [0.717, 1.165) is 17.4 Å². The summed E-state index contributed by atoms with van der Waals surface area (Å²) in [6.07, 6.45) is 10.3. The molecule has 3 heterocycles. The fraction of sp³-hybridized carbons (Fsp3) is 0.227. The number of sulfone groups is 1. The van der Waals surface area contributed by atoms with Crippen LogP contribution in [-0.2, 0) is 16.4 Å². The van der Waals surface area contributed by atoms with Crippen molar-refractivity contribution < 1.29 is 17.9 Å². The van der Waals surface area contributed by atoms with Gasteiger partial charge in [-0.2, -0.15) is 10.1 Å². The Morgan fingerprint density at radius 2 is 1.91 bits per heavy atom. The second-order valence-corrected chi connectivity index (χ2v) is 9.13. The summed E-state index contributed by atoms with van der Waals surface area (Å²) in [7, 11) is -0.399. The number of benzene rings is 1. The van der Waals surface area contributed by atoms with Crippen LogP contribution in [-0.4, -0.2) is 60.1 Å². The summed E-state index contributed by atoms with van der Waals surface area (Å²) >= 11 is 0. The van der Waals surface area contributed by atoms with Gasteiger partial charge in [0.2, 0.25) is 15.0 Å². The molecule has 3 aromatic rings. The largest absolute Gasteiger partial charge is 0.493 e. The number of hydrogen-bond donors (Lipinski definition) is 0. The molecule has 166 valence electrons. The van der Waals surface area contributed by atoms with Crippen molar-refractivity contribution in [1.82, 2.24) is 24.6 Å². The Balaban J connectivity index is 1.67. The summed E-state index contributed by atoms with van der Waals surface area (Å²) in [6.45, 7) is 1.33. The van der Waals surface area contributed by atoms with Crippen molar-refractivity contribution in [1.29, 1.82) is 0 Å². The standard InChI is InChI=1S/C22H23N5O4S/c1-30-19-8-7-16(12-20(19)31-2)14-26-10-4-6-17(15-26)18-13-21(27-11-5-9-23-27)25-22(24-18)32(3,28)29/h4-9,11-13,15H,10,14H2,1-3H3. The van der Waals surface area contributed by atoms with Crippen molar-refractivity contribution in [3.05, 3.63) is 72.3 Å². The minimum atomic E-state index is -3.61. The lowest BCUT2D eigenvalue weighted by Gasteiger charge is -2.24. The molecule has 1 aromatic carbocycles. The molecule has 1 aliphatic heterocycles. The minimum Gasteiger partial charge on any atom is -0.493 e. The van der Waals surface area contributed by atoms with Crippen LogP contribution in [0.25, 0.3) is 11.4 Å². The second kappa shape index (κ2) is 8.83. The average Bonchev–Trinajstić information content (AvgIpc) is 3.33. The molecule has 1 aliphatic rings. The number of rotatable bonds is 7. The van der Waals surface area contributed by atoms with E-state index in [2.05, 4.69) is 20.0 Å². The molecule has 0 spiro atoms. The number of aromatic nitrogens is 4. The molecule has 4 rings (SSSR count). The molecule has 10 heteroatoms. The van der Waals surface area contributed by atoms with E-state index in [9.17, 15) is 8.42 Å². The second-order valence-electron chi connectivity index (χ2n) is 7.22. The summed E-state index contributed by atoms with van der Waals surface area (Å²) in [5, 5.41) is 3.91. The quantitative estimate of drug-likeness (QED) is 0.503. The summed E-state index contributed by atoms with van der Waals surface area (Å²) in [5.74, 6) is 1.72. The van der Waals surface area contributed by atoms with Gasteiger partial charge in [0.05, 0.1) is 19.9 Å². The number of methoxy groups -OCH3 is 2. The maximum Gasteiger partial charge on any atom is 0.249 e. The van der Waals surface area contributed by atoms with Gasteiger partial charge in [0.1, 0.15) is 0 Å². The number of hydrogen-bond acceptors (Lipinski definition) is 8. The van der Waals surface area contributed by atoms with E-state index in [-0.39, 0.29) is 5.16 Å². The molecule has 0 saturated heterocycles. The highest BCUT2D eigenvalue weighted by Gasteiger charge is 2.18. The van der Waals surface area contributed by atoms with Gasteiger partial charge >= 0.3 is 0 Å². The smallest absolute Gasteiger partial charge is 0.249 e. The highest BCUT2D eigenvalue weighted by atomic mass is 32.2. The first-order valence-electron chi connectivity index (χ1n) is 9.80. The van der Waals surface area contributed by atoms with E-state index in [1.165, 1.54) is 4.68 Å². The molecule has 0 aliphatic carbocycles. The van der Waals surface area contributed by atoms with Gasteiger partial charge in [0, 0.05) is 49.6 Å². The van der Waals surface area contributed by atoms with Gasteiger partial charge in [-0.3, -0.25) is 0 Å². The maximum absolute atomic E-state index is 12.2. The van der Waals surface area contributed by atoms with Crippen LogP contribution in [0.5, 0.6) is 11.5 Å². The third-order valence-electron chi connectivity index (χ3n) is 4.85. The van der Waals surface area contributed by atoms with Gasteiger partial charge < -0.3 is 14.4 Å². The van der Waals surface area contributed by atoms with Crippen LogP contribution in [0, 0.1) is 0 Å². The lowest BCUT2D eigenvalue weighted by Crippen LogP contribution is -2.20. The van der Waals surface area contributed by atoms with Crippen molar-refractivity contribution in [3.63, 3.8) is 0 Å². The molecular weight excluding hydrogens is 430 g/mol. The number of nitrogens with zero attached hydrogens (tertiary/aromatic N) is 5. The third-order valence-corrected chi connectivity index (χ3v) is 5.70. The molecule has 0 radical (unpaired) electrons. The van der Waals surface area contributed by atoms with Crippen molar-refractivity contribution >= 4 is 15.4 Å². The fourth-order valence-electron chi connectivity index (χ4n) is 3.33. The lowest BCUT2D eigenvalue weighted by molar-refractivity contribution is 0.352. The number of allylic oxidation sites excluding steroid dienone is 2. The van der Waals surface area contributed by atoms with Crippen LogP contribution in [0.15, 0.2) is 66.2 Å². The van der Waals surface area contributed by atoms with E-state index in [4.69, 9.17) is 9.47 Å². The lowest BCUT2D eigenvalue weighted by atomic mass is 10.1. The maximum atomic E-state index is 12.2. The molecule has 0 amide bonds. The van der Waals surface area contributed by atoms with Crippen LogP contribution in [0.4, 0.5) is 0 Å². The predicted molar refractivity (Wildman–Crippen MR) is 119 cm³/mol. The van der Waals surface area contributed by atoms with Gasteiger partial charge in [-0.15, -0.1) is 0 Å². The molecule has 0 atom stereocenters. The van der Waals surface area contributed by atoms with E-state index in [1.54, 1.807) is 38.7 Å². The monoisotopic (exact) mass is 453 g/mol. The van der Waals surface area contributed by atoms with Crippen molar-refractivity contribution in [2.75, 3.05) is 27.0 Å². The van der Waals surface area contributed by atoms with Crippen LogP contribution in [0.1, 0.15) is 11.3 Å². The summed E-state index contributed by atoms with van der Waals surface area (Å²) in [6, 6.07) is 9.25. The third kappa shape index (κ3) is 4.65. The van der Waals surface area contributed by atoms with Crippen molar-refractivity contribution in [2.45, 2.75) is 11.7 Å². The van der Waals surface area contributed by atoms with Gasteiger partial charge in [-0.1, -0.05) is 18.2 Å². The van der Waals surface area contributed by atoms with Crippen LogP contribution in [0.2, 0.25) is 0 Å². The molecule has 0 N–H and O–H groups in total. The van der Waals surface area contributed by atoms with Crippen molar-refractivity contribution in [2.24, 2.45) is 0 Å². The first kappa shape index (κ1) is 21.6. The molecule has 0 unspecified atom stereocenters. The fourth-order valence-corrected chi connectivity index (χ4v) is 3.85. The van der Waals surface area contributed by atoms with E-state index in [1.807, 2.05) is 36.6 Å². The van der Waals surface area contributed by atoms with Crippen molar-refractivity contribution in [3.8, 4) is 17.3 Å². The highest BCUT2D eigenvalue weighted by molar-refractivity contribution is 7.90. The molecule has 2 aromatic heterocycles. The van der Waals surface area contributed by atoms with Crippen LogP contribution < -0.4 is 9.47 Å². The Labute approximate surface area is 186 Å². The Kier molecular flexibility index (Phi) is 5.95. The Hall–Kier alpha value is -3.66. The minimum absolute atomic E-state index is 0.244. The topological polar surface area (TPSA) is 99.4 Å². The highest BCUT2D eigenvalue weighted by Crippen LogP contribution is 2.29. The van der Waals surface area contributed by atoms with E-state index < -0.39 is 9.84 Å². The molecule has 9 nitrogen and oxygen atoms in total. The zero-order valence-electron chi connectivity index (χ0n) is 18.0. The average molecular weight is 454 g/mol. The van der Waals surface area contributed by atoms with Gasteiger partial charge in [0.25, 0.3) is 0 Å². The van der Waals surface area contributed by atoms with E-state index >= 15 is 0 Å². The van der Waals surface area contributed by atoms with E-state index in [0.29, 0.717) is 36.1 Å². The van der Waals surface area contributed by atoms with Crippen LogP contribution >= 0.6 is 0 Å². The Bertz CT molecular complexity index is 1280. The molecular formula is C22H23N5O4S. The van der Waals surface area contributed by atoms with Crippen LogP contribution in [0.3, 0.4) is 0 Å². The zero-order chi connectivity index (χ0) is 22.7. The normalized spacial score (nSPS) is 13.7. The summed E-state index contributed by atoms with van der Waals surface area (Å²) in [4.78, 5) is 10.6. The molecule has 0 bridgehead atoms. The predicted octanol–water partition coefficient (Wildman–Crippen LogP) is 2.50. The zero-order valence-corrected chi connectivity index (χ0v) is 18.8. The Morgan fingerprint density at radius 3 is 2.59 bits per heavy atom.